The topological polar surface area (TPSA) is 71.1 Å². The Bertz CT molecular complexity index is 707. The number of ether oxygens (including phenoxy) is 1. The van der Waals surface area contributed by atoms with Gasteiger partial charge in [0.15, 0.2) is 5.82 Å². The van der Waals surface area contributed by atoms with Crippen LogP contribution in [0, 0.1) is 6.92 Å². The van der Waals surface area contributed by atoms with Crippen molar-refractivity contribution in [2.45, 2.75) is 29.6 Å². The van der Waals surface area contributed by atoms with Crippen LogP contribution in [0.2, 0.25) is 0 Å². The van der Waals surface area contributed by atoms with E-state index in [1.54, 1.807) is 11.8 Å². The van der Waals surface area contributed by atoms with Gasteiger partial charge in [-0.15, -0.1) is 11.8 Å². The molecule has 0 unspecified atom stereocenters. The first-order valence-corrected chi connectivity index (χ1v) is 8.62. The second-order valence-electron chi connectivity index (χ2n) is 5.84. The number of aromatic amines is 1. The molecule has 2 atom stereocenters. The molecule has 2 aromatic rings. The van der Waals surface area contributed by atoms with Crippen molar-refractivity contribution < 1.29 is 9.53 Å². The molecule has 2 aliphatic rings. The molecule has 1 amide bonds. The average molecular weight is 330 g/mol. The van der Waals surface area contributed by atoms with Gasteiger partial charge in [0.1, 0.15) is 11.9 Å². The van der Waals surface area contributed by atoms with Gasteiger partial charge >= 0.3 is 0 Å². The monoisotopic (exact) mass is 330 g/mol. The molecule has 23 heavy (non-hydrogen) atoms. The maximum Gasteiger partial charge on any atom is 0.236 e. The first kappa shape index (κ1) is 14.7. The Labute approximate surface area is 138 Å². The second-order valence-corrected chi connectivity index (χ2v) is 7.09. The van der Waals surface area contributed by atoms with Crippen molar-refractivity contribution in [3.05, 3.63) is 41.5 Å². The summed E-state index contributed by atoms with van der Waals surface area (Å²) in [6, 6.07) is 8.25. The number of fused-ring (bicyclic) bond motifs is 1. The lowest BCUT2D eigenvalue weighted by Crippen LogP contribution is -2.46. The van der Waals surface area contributed by atoms with Crippen molar-refractivity contribution in [1.29, 1.82) is 0 Å². The Morgan fingerprint density at radius 3 is 3.09 bits per heavy atom. The molecule has 0 spiro atoms. The maximum atomic E-state index is 12.9. The van der Waals surface area contributed by atoms with Crippen LogP contribution < -0.4 is 0 Å². The number of hydrogen-bond acceptors (Lipinski definition) is 5. The number of benzene rings is 1. The fourth-order valence-corrected chi connectivity index (χ4v) is 4.31. The normalized spacial score (nSPS) is 23.8. The fourth-order valence-electron chi connectivity index (χ4n) is 3.03. The van der Waals surface area contributed by atoms with E-state index in [0.29, 0.717) is 25.5 Å². The lowest BCUT2D eigenvalue weighted by atomic mass is 10.1. The number of H-pyrrole nitrogens is 1. The average Bonchev–Trinajstić information content (AvgIpc) is 3.20. The largest absolute Gasteiger partial charge is 0.366 e. The highest BCUT2D eigenvalue weighted by atomic mass is 32.2. The molecule has 1 aromatic carbocycles. The molecule has 0 saturated carbocycles. The number of aromatic nitrogens is 3. The fraction of sp³-hybridized carbons (Fsp3) is 0.438. The van der Waals surface area contributed by atoms with Gasteiger partial charge in [0, 0.05) is 11.4 Å². The lowest BCUT2D eigenvalue weighted by molar-refractivity contribution is -0.138. The van der Waals surface area contributed by atoms with E-state index in [-0.39, 0.29) is 17.3 Å². The van der Waals surface area contributed by atoms with Crippen LogP contribution in [0.25, 0.3) is 0 Å². The van der Waals surface area contributed by atoms with Gasteiger partial charge in [-0.25, -0.2) is 4.98 Å². The highest BCUT2D eigenvalue weighted by Gasteiger charge is 2.35. The number of nitrogens with one attached hydrogen (secondary N) is 1. The van der Waals surface area contributed by atoms with E-state index in [9.17, 15) is 4.79 Å². The van der Waals surface area contributed by atoms with Crippen molar-refractivity contribution in [2.75, 3.05) is 19.7 Å². The number of morpholine rings is 1. The summed E-state index contributed by atoms with van der Waals surface area (Å²) in [4.78, 5) is 20.3. The zero-order valence-electron chi connectivity index (χ0n) is 12.9. The third-order valence-electron chi connectivity index (χ3n) is 4.20. The minimum Gasteiger partial charge on any atom is -0.366 e. The standard InChI is InChI=1S/C16H18N4O2S/c1-10-17-15(19-18-10)12-9-20(6-7-22-12)16(21)14-8-11-4-2-3-5-13(11)23-14/h2-5,12,14H,6-9H2,1H3,(H,17,18,19)/t12-,14+/m1/s1. The Hall–Kier alpha value is -1.86. The number of amides is 1. The van der Waals surface area contributed by atoms with Gasteiger partial charge in [-0.05, 0) is 25.0 Å². The second kappa shape index (κ2) is 5.98. The molecule has 1 saturated heterocycles. The van der Waals surface area contributed by atoms with Gasteiger partial charge in [-0.2, -0.15) is 5.10 Å². The van der Waals surface area contributed by atoms with Gasteiger partial charge in [0.05, 0.1) is 18.4 Å². The van der Waals surface area contributed by atoms with Crippen molar-refractivity contribution in [3.8, 4) is 0 Å². The molecule has 0 aliphatic carbocycles. The lowest BCUT2D eigenvalue weighted by Gasteiger charge is -2.33. The van der Waals surface area contributed by atoms with Crippen molar-refractivity contribution in [2.24, 2.45) is 0 Å². The van der Waals surface area contributed by atoms with Crippen LogP contribution in [-0.4, -0.2) is 50.9 Å². The van der Waals surface area contributed by atoms with Crippen LogP contribution in [0.15, 0.2) is 29.2 Å². The molecule has 0 radical (unpaired) electrons. The number of hydrogen-bond donors (Lipinski definition) is 1. The van der Waals surface area contributed by atoms with Crippen LogP contribution in [0.4, 0.5) is 0 Å². The summed E-state index contributed by atoms with van der Waals surface area (Å²) in [5.74, 6) is 1.57. The zero-order valence-corrected chi connectivity index (χ0v) is 13.7. The van der Waals surface area contributed by atoms with Crippen LogP contribution in [0.5, 0.6) is 0 Å². The molecule has 0 bridgehead atoms. The number of carbonyl (C=O) groups is 1. The minimum atomic E-state index is -0.244. The van der Waals surface area contributed by atoms with E-state index in [2.05, 4.69) is 27.3 Å². The summed E-state index contributed by atoms with van der Waals surface area (Å²) in [5, 5.41) is 6.96. The first-order chi connectivity index (χ1) is 11.2. The molecular weight excluding hydrogens is 312 g/mol. The molecule has 1 N–H and O–H groups in total. The SMILES string of the molecule is Cc1nc([C@H]2CN(C(=O)[C@@H]3Cc4ccccc4S3)CCO2)n[nH]1. The number of rotatable bonds is 2. The van der Waals surface area contributed by atoms with Crippen LogP contribution >= 0.6 is 11.8 Å². The smallest absolute Gasteiger partial charge is 0.236 e. The Morgan fingerprint density at radius 1 is 1.43 bits per heavy atom. The van der Waals surface area contributed by atoms with Crippen LogP contribution in [0.1, 0.15) is 23.3 Å². The van der Waals surface area contributed by atoms with E-state index in [0.717, 1.165) is 12.2 Å². The molecule has 3 heterocycles. The van der Waals surface area contributed by atoms with Crippen LogP contribution in [-0.2, 0) is 16.0 Å². The van der Waals surface area contributed by atoms with Gasteiger partial charge in [0.25, 0.3) is 0 Å². The van der Waals surface area contributed by atoms with E-state index in [1.807, 2.05) is 24.0 Å². The number of carbonyl (C=O) groups excluding carboxylic acids is 1. The molecule has 4 rings (SSSR count). The summed E-state index contributed by atoms with van der Waals surface area (Å²) in [6.45, 7) is 3.53. The molecule has 1 aromatic heterocycles. The Balaban J connectivity index is 1.45. The van der Waals surface area contributed by atoms with E-state index in [4.69, 9.17) is 4.74 Å². The highest BCUT2D eigenvalue weighted by molar-refractivity contribution is 8.01. The predicted octanol–water partition coefficient (Wildman–Crippen LogP) is 1.73. The summed E-state index contributed by atoms with van der Waals surface area (Å²) in [7, 11) is 0. The number of nitrogens with zero attached hydrogens (tertiary/aromatic N) is 3. The summed E-state index contributed by atoms with van der Waals surface area (Å²) in [5.41, 5.74) is 1.27. The molecule has 7 heteroatoms. The predicted molar refractivity (Wildman–Crippen MR) is 86.2 cm³/mol. The summed E-state index contributed by atoms with van der Waals surface area (Å²) in [6.07, 6.45) is 0.563. The molecular formula is C16H18N4O2S. The molecule has 2 aliphatic heterocycles. The highest BCUT2D eigenvalue weighted by Crippen LogP contribution is 2.38. The zero-order chi connectivity index (χ0) is 15.8. The number of thioether (sulfide) groups is 1. The van der Waals surface area contributed by atoms with Gasteiger partial charge in [-0.1, -0.05) is 18.2 Å². The number of aryl methyl sites for hydroxylation is 1. The van der Waals surface area contributed by atoms with Gasteiger partial charge in [-0.3, -0.25) is 9.89 Å². The molecule has 1 fully saturated rings. The van der Waals surface area contributed by atoms with E-state index in [1.165, 1.54) is 10.5 Å². The van der Waals surface area contributed by atoms with Crippen molar-refractivity contribution >= 4 is 17.7 Å². The van der Waals surface area contributed by atoms with Crippen molar-refractivity contribution in [1.82, 2.24) is 20.1 Å². The maximum absolute atomic E-state index is 12.9. The van der Waals surface area contributed by atoms with Gasteiger partial charge in [0.2, 0.25) is 5.91 Å². The van der Waals surface area contributed by atoms with Gasteiger partial charge < -0.3 is 9.64 Å². The molecule has 120 valence electrons. The van der Waals surface area contributed by atoms with E-state index < -0.39 is 0 Å². The first-order valence-electron chi connectivity index (χ1n) is 7.74. The quantitative estimate of drug-likeness (QED) is 0.908. The Kier molecular flexibility index (Phi) is 3.82. The van der Waals surface area contributed by atoms with E-state index >= 15 is 0 Å². The summed E-state index contributed by atoms with van der Waals surface area (Å²) >= 11 is 1.67. The summed E-state index contributed by atoms with van der Waals surface area (Å²) < 4.78 is 5.74. The molecule has 6 nitrogen and oxygen atoms in total. The van der Waals surface area contributed by atoms with Crippen LogP contribution in [0.3, 0.4) is 0 Å². The van der Waals surface area contributed by atoms with Crippen molar-refractivity contribution in [3.63, 3.8) is 0 Å². The Morgan fingerprint density at radius 2 is 2.30 bits per heavy atom. The minimum absolute atomic E-state index is 0.0278. The third kappa shape index (κ3) is 2.86. The third-order valence-corrected chi connectivity index (χ3v) is 5.51.